The Kier molecular flexibility index (Phi) is 4.60. The molecule has 5 aromatic rings. The summed E-state index contributed by atoms with van der Waals surface area (Å²) >= 11 is 0. The molecule has 1 fully saturated rings. The summed E-state index contributed by atoms with van der Waals surface area (Å²) in [5, 5.41) is 2.56. The lowest BCUT2D eigenvalue weighted by molar-refractivity contribution is 0.433. The summed E-state index contributed by atoms with van der Waals surface area (Å²) in [4.78, 5) is 24.0. The molecule has 0 unspecified atom stereocenters. The number of nitrogens with zero attached hydrogens (tertiary/aromatic N) is 4. The molecule has 1 saturated carbocycles. The van der Waals surface area contributed by atoms with Crippen LogP contribution in [0.5, 0.6) is 0 Å². The van der Waals surface area contributed by atoms with Crippen molar-refractivity contribution in [3.8, 4) is 5.69 Å². The summed E-state index contributed by atoms with van der Waals surface area (Å²) in [6.45, 7) is 0. The van der Waals surface area contributed by atoms with Gasteiger partial charge in [-0.25, -0.2) is 9.67 Å². The van der Waals surface area contributed by atoms with Crippen LogP contribution in [0.3, 0.4) is 0 Å². The van der Waals surface area contributed by atoms with Crippen LogP contribution in [0.15, 0.2) is 88.6 Å². The number of rotatable bonds is 2. The van der Waals surface area contributed by atoms with Crippen LogP contribution in [0.1, 0.15) is 32.1 Å². The van der Waals surface area contributed by atoms with E-state index in [1.165, 1.54) is 19.3 Å². The Hall–Kier alpha value is -3.73. The largest absolute Gasteiger partial charge is 0.281 e. The van der Waals surface area contributed by atoms with E-state index in [-0.39, 0.29) is 11.6 Å². The Balaban J connectivity index is 1.87. The predicted molar refractivity (Wildman–Crippen MR) is 128 cm³/mol. The highest BCUT2D eigenvalue weighted by Gasteiger charge is 2.18. The Bertz CT molecular complexity index is 1570. The van der Waals surface area contributed by atoms with Gasteiger partial charge in [0, 0.05) is 10.8 Å². The lowest BCUT2D eigenvalue weighted by Crippen LogP contribution is -2.35. The highest BCUT2D eigenvalue weighted by atomic mass is 16.1. The van der Waals surface area contributed by atoms with Crippen molar-refractivity contribution in [3.63, 3.8) is 0 Å². The van der Waals surface area contributed by atoms with Crippen molar-refractivity contribution < 1.29 is 0 Å². The quantitative estimate of drug-likeness (QED) is 0.297. The van der Waals surface area contributed by atoms with Crippen molar-refractivity contribution >= 4 is 27.3 Å². The molecule has 2 aromatic heterocycles. The van der Waals surface area contributed by atoms with Crippen molar-refractivity contribution in [3.05, 3.63) is 94.7 Å². The van der Waals surface area contributed by atoms with Crippen molar-refractivity contribution in [2.45, 2.75) is 38.1 Å². The Morgan fingerprint density at radius 2 is 1.41 bits per heavy atom. The van der Waals surface area contributed by atoms with E-state index >= 15 is 0 Å². The average molecular weight is 421 g/mol. The van der Waals surface area contributed by atoms with E-state index in [1.54, 1.807) is 4.52 Å². The summed E-state index contributed by atoms with van der Waals surface area (Å²) < 4.78 is 3.68. The van der Waals surface area contributed by atoms with Crippen LogP contribution in [0.4, 0.5) is 0 Å². The van der Waals surface area contributed by atoms with Crippen LogP contribution < -0.4 is 11.0 Å². The highest BCUT2D eigenvalue weighted by Crippen LogP contribution is 2.22. The maximum atomic E-state index is 13.8. The van der Waals surface area contributed by atoms with Gasteiger partial charge in [0.15, 0.2) is 11.1 Å². The standard InChI is InChI=1S/C27H24N4O/c32-27-23-17-9-10-18-24(23)29-26-22-16-8-7-15-21(22)25(28-19-11-3-1-4-12-19)30(31(26)27)20-13-5-2-6-14-20/h2,5-10,13-19H,1,3-4,11-12H2. The molecule has 0 saturated heterocycles. The van der Waals surface area contributed by atoms with Gasteiger partial charge in [-0.1, -0.05) is 73.9 Å². The summed E-state index contributed by atoms with van der Waals surface area (Å²) in [5.74, 6) is 0. The highest BCUT2D eigenvalue weighted by molar-refractivity contribution is 5.95. The minimum atomic E-state index is -0.0831. The number of hydrogen-bond donors (Lipinski definition) is 0. The Morgan fingerprint density at radius 1 is 0.750 bits per heavy atom. The summed E-state index contributed by atoms with van der Waals surface area (Å²) in [6.07, 6.45) is 5.87. The Labute approximate surface area is 185 Å². The molecule has 0 bridgehead atoms. The molecule has 3 aromatic carbocycles. The third kappa shape index (κ3) is 3.04. The third-order valence-electron chi connectivity index (χ3n) is 6.44. The summed E-state index contributed by atoms with van der Waals surface area (Å²) in [7, 11) is 0. The number of benzene rings is 3. The minimum Gasteiger partial charge on any atom is -0.267 e. The molecular weight excluding hydrogens is 396 g/mol. The van der Waals surface area contributed by atoms with Gasteiger partial charge in [0.1, 0.15) is 0 Å². The first-order chi connectivity index (χ1) is 15.8. The topological polar surface area (TPSA) is 51.7 Å². The second-order valence-electron chi connectivity index (χ2n) is 8.51. The van der Waals surface area contributed by atoms with E-state index in [9.17, 15) is 4.79 Å². The van der Waals surface area contributed by atoms with Gasteiger partial charge in [0.2, 0.25) is 0 Å². The molecular formula is C27H24N4O. The van der Waals surface area contributed by atoms with Gasteiger partial charge in [-0.3, -0.25) is 9.79 Å². The fraction of sp³-hybridized carbons (Fsp3) is 0.222. The average Bonchev–Trinajstić information content (AvgIpc) is 2.86. The molecule has 32 heavy (non-hydrogen) atoms. The zero-order valence-corrected chi connectivity index (χ0v) is 17.8. The first kappa shape index (κ1) is 19.0. The second kappa shape index (κ2) is 7.75. The molecule has 0 spiro atoms. The molecule has 0 atom stereocenters. The SMILES string of the molecule is O=c1c2ccccc2nc2c3ccccc3c(=NC3CCCCC3)n(-c3ccccc3)n12. The molecule has 5 nitrogen and oxygen atoms in total. The summed E-state index contributed by atoms with van der Waals surface area (Å²) in [5.41, 5.74) is 3.00. The van der Waals surface area contributed by atoms with E-state index in [4.69, 9.17) is 9.98 Å². The first-order valence-electron chi connectivity index (χ1n) is 11.4. The monoisotopic (exact) mass is 420 g/mol. The Morgan fingerprint density at radius 3 is 2.19 bits per heavy atom. The third-order valence-corrected chi connectivity index (χ3v) is 6.44. The number of para-hydroxylation sites is 2. The number of fused-ring (bicyclic) bond motifs is 4. The van der Waals surface area contributed by atoms with Crippen LogP contribution in [0, 0.1) is 0 Å². The molecule has 0 aliphatic heterocycles. The molecule has 0 amide bonds. The van der Waals surface area contributed by atoms with Crippen LogP contribution in [-0.4, -0.2) is 20.2 Å². The summed E-state index contributed by atoms with van der Waals surface area (Å²) in [6, 6.07) is 26.0. The van der Waals surface area contributed by atoms with Crippen molar-refractivity contribution in [2.24, 2.45) is 4.99 Å². The lowest BCUT2D eigenvalue weighted by atomic mass is 9.96. The van der Waals surface area contributed by atoms with Crippen LogP contribution in [0.2, 0.25) is 0 Å². The van der Waals surface area contributed by atoms with Gasteiger partial charge in [-0.15, -0.1) is 0 Å². The van der Waals surface area contributed by atoms with Gasteiger partial charge in [-0.2, -0.15) is 4.52 Å². The van der Waals surface area contributed by atoms with Gasteiger partial charge in [-0.05, 0) is 37.1 Å². The van der Waals surface area contributed by atoms with Crippen molar-refractivity contribution in [1.82, 2.24) is 14.2 Å². The fourth-order valence-electron chi connectivity index (χ4n) is 4.88. The van der Waals surface area contributed by atoms with Gasteiger partial charge in [0.25, 0.3) is 5.56 Å². The molecule has 1 aliphatic rings. The van der Waals surface area contributed by atoms with E-state index in [0.717, 1.165) is 34.8 Å². The predicted octanol–water partition coefficient (Wildman–Crippen LogP) is 5.03. The van der Waals surface area contributed by atoms with Crippen LogP contribution in [-0.2, 0) is 0 Å². The van der Waals surface area contributed by atoms with Crippen molar-refractivity contribution in [2.75, 3.05) is 0 Å². The van der Waals surface area contributed by atoms with Gasteiger partial charge in [0.05, 0.1) is 22.6 Å². The normalized spacial score (nSPS) is 15.7. The first-order valence-corrected chi connectivity index (χ1v) is 11.4. The molecule has 6 rings (SSSR count). The molecule has 1 aliphatic carbocycles. The second-order valence-corrected chi connectivity index (χ2v) is 8.51. The number of hydrogen-bond acceptors (Lipinski definition) is 3. The molecule has 0 radical (unpaired) electrons. The smallest absolute Gasteiger partial charge is 0.267 e. The zero-order valence-electron chi connectivity index (χ0n) is 17.8. The molecule has 2 heterocycles. The van der Waals surface area contributed by atoms with E-state index in [2.05, 4.69) is 6.07 Å². The van der Waals surface area contributed by atoms with E-state index in [0.29, 0.717) is 16.6 Å². The van der Waals surface area contributed by atoms with Crippen molar-refractivity contribution in [1.29, 1.82) is 0 Å². The molecule has 0 N–H and O–H groups in total. The van der Waals surface area contributed by atoms with E-state index in [1.807, 2.05) is 77.5 Å². The lowest BCUT2D eigenvalue weighted by Gasteiger charge is -2.20. The fourth-order valence-corrected chi connectivity index (χ4v) is 4.88. The minimum absolute atomic E-state index is 0.0831. The maximum absolute atomic E-state index is 13.8. The van der Waals surface area contributed by atoms with E-state index < -0.39 is 0 Å². The van der Waals surface area contributed by atoms with Crippen LogP contribution in [0.25, 0.3) is 33.0 Å². The van der Waals surface area contributed by atoms with Crippen LogP contribution >= 0.6 is 0 Å². The molecule has 158 valence electrons. The molecule has 5 heteroatoms. The van der Waals surface area contributed by atoms with Gasteiger partial charge >= 0.3 is 0 Å². The zero-order chi connectivity index (χ0) is 21.5. The van der Waals surface area contributed by atoms with Gasteiger partial charge < -0.3 is 0 Å². The maximum Gasteiger partial charge on any atom is 0.281 e. The number of aromatic nitrogens is 3.